The van der Waals surface area contributed by atoms with Gasteiger partial charge in [-0.15, -0.1) is 0 Å². The van der Waals surface area contributed by atoms with Crippen LogP contribution in [0.5, 0.6) is 5.75 Å². The first-order valence-electron chi connectivity index (χ1n) is 10.6. The minimum Gasteiger partial charge on any atom is -0.490 e. The molecule has 0 unspecified atom stereocenters. The second-order valence-electron chi connectivity index (χ2n) is 8.96. The molecule has 7 nitrogen and oxygen atoms in total. The van der Waals surface area contributed by atoms with Crippen LogP contribution in [0.15, 0.2) is 6.07 Å². The molecule has 0 atom stereocenters. The summed E-state index contributed by atoms with van der Waals surface area (Å²) in [6.07, 6.45) is -3.69. The Morgan fingerprint density at radius 2 is 1.81 bits per heavy atom. The number of ether oxygens (including phenoxy) is 3. The number of nitrogens with zero attached hydrogens (tertiary/aromatic N) is 2. The third-order valence-electron chi connectivity index (χ3n) is 5.30. The summed E-state index contributed by atoms with van der Waals surface area (Å²) < 4.78 is 52.9. The summed E-state index contributed by atoms with van der Waals surface area (Å²) in [4.78, 5) is 28.2. The van der Waals surface area contributed by atoms with Crippen molar-refractivity contribution in [2.45, 2.75) is 52.3 Å². The fourth-order valence-corrected chi connectivity index (χ4v) is 3.96. The first kappa shape index (κ1) is 24.2. The van der Waals surface area contributed by atoms with E-state index in [0.717, 1.165) is 16.7 Å². The fraction of sp³-hybridized carbons (Fsp3) is 0.636. The molecule has 3 rings (SSSR count). The Balaban J connectivity index is 1.79. The molecule has 1 aromatic rings. The van der Waals surface area contributed by atoms with E-state index >= 15 is 0 Å². The van der Waals surface area contributed by atoms with Gasteiger partial charge in [0.1, 0.15) is 31.2 Å². The van der Waals surface area contributed by atoms with E-state index in [-0.39, 0.29) is 19.2 Å². The van der Waals surface area contributed by atoms with Gasteiger partial charge in [0, 0.05) is 13.1 Å². The predicted octanol–water partition coefficient (Wildman–Crippen LogP) is 3.64. The zero-order valence-electron chi connectivity index (χ0n) is 18.8. The van der Waals surface area contributed by atoms with Crippen LogP contribution in [-0.2, 0) is 27.1 Å². The number of benzene rings is 1. The summed E-state index contributed by atoms with van der Waals surface area (Å²) in [6, 6.07) is 1.87. The van der Waals surface area contributed by atoms with Crippen LogP contribution in [0.25, 0.3) is 0 Å². The van der Waals surface area contributed by atoms with Crippen LogP contribution < -0.4 is 9.64 Å². The van der Waals surface area contributed by atoms with Gasteiger partial charge in [-0.1, -0.05) is 0 Å². The lowest BCUT2D eigenvalue weighted by atomic mass is 9.94. The maximum Gasteiger partial charge on any atom is 0.411 e. The molecule has 2 heterocycles. The Kier molecular flexibility index (Phi) is 6.92. The summed E-state index contributed by atoms with van der Waals surface area (Å²) in [7, 11) is 0. The quantitative estimate of drug-likeness (QED) is 0.692. The van der Waals surface area contributed by atoms with Crippen LogP contribution in [0.1, 0.15) is 37.5 Å². The van der Waals surface area contributed by atoms with Crippen LogP contribution >= 0.6 is 0 Å². The van der Waals surface area contributed by atoms with Crippen molar-refractivity contribution in [1.29, 1.82) is 0 Å². The standard InChI is InChI=1S/C22H29F3N2O5/c1-14-16-6-8-26(20(29)32-21(2,3)4)7-5-15(16)11-17-19(14)27(9-10-31-17)18(28)12-30-13-22(23,24)25/h11H,5-10,12-13H2,1-4H3. The van der Waals surface area contributed by atoms with Gasteiger partial charge in [-0.2, -0.15) is 13.2 Å². The zero-order chi connectivity index (χ0) is 23.7. The molecule has 178 valence electrons. The molecule has 0 bridgehead atoms. The van der Waals surface area contributed by atoms with Crippen LogP contribution in [0.3, 0.4) is 0 Å². The first-order chi connectivity index (χ1) is 14.9. The molecular weight excluding hydrogens is 429 g/mol. The maximum absolute atomic E-state index is 12.6. The van der Waals surface area contributed by atoms with E-state index in [9.17, 15) is 22.8 Å². The maximum atomic E-state index is 12.6. The average molecular weight is 458 g/mol. The average Bonchev–Trinajstić information content (AvgIpc) is 2.88. The monoisotopic (exact) mass is 458 g/mol. The number of anilines is 1. The molecule has 2 amide bonds. The summed E-state index contributed by atoms with van der Waals surface area (Å²) >= 11 is 0. The Bertz CT molecular complexity index is 880. The predicted molar refractivity (Wildman–Crippen MR) is 111 cm³/mol. The molecule has 0 fully saturated rings. The van der Waals surface area contributed by atoms with Gasteiger partial charge in [-0.05, 0) is 63.3 Å². The van der Waals surface area contributed by atoms with Crippen molar-refractivity contribution < 1.29 is 37.0 Å². The van der Waals surface area contributed by atoms with Gasteiger partial charge in [-0.3, -0.25) is 4.79 Å². The molecule has 32 heavy (non-hydrogen) atoms. The summed E-state index contributed by atoms with van der Waals surface area (Å²) in [5.41, 5.74) is 2.83. The third-order valence-corrected chi connectivity index (χ3v) is 5.30. The largest absolute Gasteiger partial charge is 0.490 e. The highest BCUT2D eigenvalue weighted by Crippen LogP contribution is 2.40. The molecule has 0 aromatic heterocycles. The topological polar surface area (TPSA) is 68.3 Å². The number of hydrogen-bond acceptors (Lipinski definition) is 5. The summed E-state index contributed by atoms with van der Waals surface area (Å²) in [6.45, 7) is 6.60. The smallest absolute Gasteiger partial charge is 0.411 e. The number of amides is 2. The van der Waals surface area contributed by atoms with Gasteiger partial charge >= 0.3 is 12.3 Å². The highest BCUT2D eigenvalue weighted by molar-refractivity contribution is 5.97. The number of alkyl halides is 3. The molecule has 0 radical (unpaired) electrons. The highest BCUT2D eigenvalue weighted by atomic mass is 19.4. The lowest BCUT2D eigenvalue weighted by Crippen LogP contribution is -2.41. The Labute approximate surface area is 185 Å². The van der Waals surface area contributed by atoms with E-state index < -0.39 is 30.9 Å². The highest BCUT2D eigenvalue weighted by Gasteiger charge is 2.32. The van der Waals surface area contributed by atoms with Gasteiger partial charge in [-0.25, -0.2) is 4.79 Å². The van der Waals surface area contributed by atoms with Crippen LogP contribution in [-0.4, -0.2) is 68.1 Å². The van der Waals surface area contributed by atoms with Crippen molar-refractivity contribution in [3.8, 4) is 5.75 Å². The van der Waals surface area contributed by atoms with Crippen molar-refractivity contribution in [3.63, 3.8) is 0 Å². The normalized spacial score (nSPS) is 16.6. The SMILES string of the molecule is Cc1c2c(cc3c1N(C(=O)COCC(F)(F)F)CCO3)CCN(C(=O)OC(C)(C)C)CC2. The van der Waals surface area contributed by atoms with E-state index in [0.29, 0.717) is 37.4 Å². The fourth-order valence-electron chi connectivity index (χ4n) is 3.96. The summed E-state index contributed by atoms with van der Waals surface area (Å²) in [5.74, 6) is -0.0340. The van der Waals surface area contributed by atoms with E-state index in [1.165, 1.54) is 4.90 Å². The van der Waals surface area contributed by atoms with E-state index in [2.05, 4.69) is 4.74 Å². The molecule has 1 aromatic carbocycles. The Morgan fingerprint density at radius 1 is 1.12 bits per heavy atom. The molecule has 10 heteroatoms. The van der Waals surface area contributed by atoms with Gasteiger partial charge in [0.05, 0.1) is 12.2 Å². The van der Waals surface area contributed by atoms with Crippen LogP contribution in [0, 0.1) is 6.92 Å². The third kappa shape index (κ3) is 5.85. The van der Waals surface area contributed by atoms with Gasteiger partial charge in [0.15, 0.2) is 0 Å². The van der Waals surface area contributed by atoms with Gasteiger partial charge in [0.2, 0.25) is 0 Å². The second kappa shape index (κ2) is 9.17. The zero-order valence-corrected chi connectivity index (χ0v) is 18.8. The number of rotatable bonds is 3. The Hall–Kier alpha value is -2.49. The van der Waals surface area contributed by atoms with Crippen molar-refractivity contribution in [2.75, 3.05) is 44.4 Å². The number of halogens is 3. The number of carbonyl (C=O) groups is 2. The minimum atomic E-state index is -4.49. The van der Waals surface area contributed by atoms with Crippen LogP contribution in [0.2, 0.25) is 0 Å². The molecule has 0 spiro atoms. The van der Waals surface area contributed by atoms with E-state index in [4.69, 9.17) is 9.47 Å². The molecule has 0 saturated heterocycles. The lowest BCUT2D eigenvalue weighted by molar-refractivity contribution is -0.175. The van der Waals surface area contributed by atoms with Crippen molar-refractivity contribution in [2.24, 2.45) is 0 Å². The molecule has 2 aliphatic rings. The molecule has 0 N–H and O–H groups in total. The molecular formula is C22H29F3N2O5. The van der Waals surface area contributed by atoms with Crippen LogP contribution in [0.4, 0.5) is 23.7 Å². The molecule has 0 aliphatic carbocycles. The summed E-state index contributed by atoms with van der Waals surface area (Å²) in [5, 5.41) is 0. The van der Waals surface area contributed by atoms with Gasteiger partial charge in [0.25, 0.3) is 5.91 Å². The Morgan fingerprint density at radius 3 is 2.47 bits per heavy atom. The van der Waals surface area contributed by atoms with E-state index in [1.54, 1.807) is 4.90 Å². The molecule has 0 saturated carbocycles. The molecule has 2 aliphatic heterocycles. The van der Waals surface area contributed by atoms with Crippen molar-refractivity contribution in [1.82, 2.24) is 4.90 Å². The minimum absolute atomic E-state index is 0.227. The number of hydrogen-bond donors (Lipinski definition) is 0. The second-order valence-corrected chi connectivity index (χ2v) is 8.96. The van der Waals surface area contributed by atoms with Gasteiger partial charge < -0.3 is 24.0 Å². The van der Waals surface area contributed by atoms with Crippen molar-refractivity contribution >= 4 is 17.7 Å². The number of fused-ring (bicyclic) bond motifs is 2. The van der Waals surface area contributed by atoms with E-state index in [1.807, 2.05) is 33.8 Å². The van der Waals surface area contributed by atoms with Crippen molar-refractivity contribution in [3.05, 3.63) is 22.8 Å². The first-order valence-corrected chi connectivity index (χ1v) is 10.6. The number of carbonyl (C=O) groups excluding carboxylic acids is 2. The lowest BCUT2D eigenvalue weighted by Gasteiger charge is -2.32.